The van der Waals surface area contributed by atoms with Gasteiger partial charge in [-0.1, -0.05) is 23.5 Å². The molecule has 6 nitrogen and oxygen atoms in total. The Hall–Kier alpha value is -2.64. The quantitative estimate of drug-likeness (QED) is 0.641. The lowest BCUT2D eigenvalue weighted by atomic mass is 10.1. The number of nitrogens with zero attached hydrogens (tertiary/aromatic N) is 2. The highest BCUT2D eigenvalue weighted by Gasteiger charge is 2.24. The molecule has 29 heavy (non-hydrogen) atoms. The average Bonchev–Trinajstić information content (AvgIpc) is 3.38. The van der Waals surface area contributed by atoms with Crippen LogP contribution in [0, 0.1) is 0 Å². The molecular formula is C22H25N3O3S. The maximum Gasteiger partial charge on any atom is 0.254 e. The van der Waals surface area contributed by atoms with Crippen molar-refractivity contribution in [2.75, 3.05) is 32.5 Å². The summed E-state index contributed by atoms with van der Waals surface area (Å²) in [7, 11) is 1.66. The van der Waals surface area contributed by atoms with Gasteiger partial charge in [-0.05, 0) is 55.2 Å². The smallest absolute Gasteiger partial charge is 0.254 e. The molecule has 1 fully saturated rings. The number of fused-ring (bicyclic) bond motifs is 1. The minimum atomic E-state index is 0.00230. The standard InChI is InChI=1S/C22H25N3O3S/c1-27-17-7-4-15(5-8-17)10-11-25(14-18-3-2-12-28-18)21(26)16-6-9-20-19(13-16)24-22(23)29-20/h4-9,13,18H,2-3,10-12,14H2,1H3,(H2,23,24). The lowest BCUT2D eigenvalue weighted by molar-refractivity contribution is 0.0529. The number of benzene rings is 2. The summed E-state index contributed by atoms with van der Waals surface area (Å²) in [6, 6.07) is 13.6. The highest BCUT2D eigenvalue weighted by molar-refractivity contribution is 7.22. The van der Waals surface area contributed by atoms with Gasteiger partial charge in [-0.2, -0.15) is 0 Å². The Balaban J connectivity index is 1.51. The first-order valence-electron chi connectivity index (χ1n) is 9.82. The minimum Gasteiger partial charge on any atom is -0.497 e. The van der Waals surface area contributed by atoms with Crippen LogP contribution in [-0.2, 0) is 11.2 Å². The van der Waals surface area contributed by atoms with E-state index in [0.717, 1.165) is 41.8 Å². The molecule has 1 aliphatic rings. The Kier molecular flexibility index (Phi) is 5.97. The van der Waals surface area contributed by atoms with E-state index >= 15 is 0 Å². The second-order valence-corrected chi connectivity index (χ2v) is 8.28. The third-order valence-electron chi connectivity index (χ3n) is 5.22. The molecule has 1 saturated heterocycles. The van der Waals surface area contributed by atoms with Crippen LogP contribution < -0.4 is 10.5 Å². The van der Waals surface area contributed by atoms with Crippen LogP contribution in [-0.4, -0.2) is 48.7 Å². The third-order valence-corrected chi connectivity index (χ3v) is 6.08. The molecule has 0 bridgehead atoms. The van der Waals surface area contributed by atoms with Crippen LogP contribution in [0.2, 0.25) is 0 Å². The van der Waals surface area contributed by atoms with Crippen molar-refractivity contribution < 1.29 is 14.3 Å². The molecular weight excluding hydrogens is 386 g/mol. The van der Waals surface area contributed by atoms with Crippen molar-refractivity contribution >= 4 is 32.6 Å². The minimum absolute atomic E-state index is 0.00230. The van der Waals surface area contributed by atoms with Crippen LogP contribution in [0.3, 0.4) is 0 Å². The largest absolute Gasteiger partial charge is 0.497 e. The maximum absolute atomic E-state index is 13.3. The third kappa shape index (κ3) is 4.68. The fourth-order valence-corrected chi connectivity index (χ4v) is 4.34. The van der Waals surface area contributed by atoms with Crippen molar-refractivity contribution in [3.8, 4) is 5.75 Å². The van der Waals surface area contributed by atoms with Gasteiger partial charge in [-0.25, -0.2) is 4.98 Å². The summed E-state index contributed by atoms with van der Waals surface area (Å²) >= 11 is 1.43. The maximum atomic E-state index is 13.3. The number of methoxy groups -OCH3 is 1. The van der Waals surface area contributed by atoms with E-state index in [1.165, 1.54) is 16.9 Å². The average molecular weight is 412 g/mol. The van der Waals surface area contributed by atoms with Crippen LogP contribution in [0.4, 0.5) is 5.13 Å². The van der Waals surface area contributed by atoms with Crippen molar-refractivity contribution in [1.29, 1.82) is 0 Å². The van der Waals surface area contributed by atoms with Gasteiger partial charge in [-0.15, -0.1) is 0 Å². The lowest BCUT2D eigenvalue weighted by Crippen LogP contribution is -2.38. The molecule has 3 aromatic rings. The molecule has 0 radical (unpaired) electrons. The molecule has 0 spiro atoms. The first-order valence-corrected chi connectivity index (χ1v) is 10.6. The number of rotatable bonds is 7. The topological polar surface area (TPSA) is 77.7 Å². The fraction of sp³-hybridized carbons (Fsp3) is 0.364. The van der Waals surface area contributed by atoms with Crippen molar-refractivity contribution in [1.82, 2.24) is 9.88 Å². The van der Waals surface area contributed by atoms with Gasteiger partial charge in [0.1, 0.15) is 5.75 Å². The first kappa shape index (κ1) is 19.7. The number of anilines is 1. The zero-order valence-corrected chi connectivity index (χ0v) is 17.3. The molecule has 1 aliphatic heterocycles. The molecule has 0 aliphatic carbocycles. The van der Waals surface area contributed by atoms with Gasteiger partial charge < -0.3 is 20.1 Å². The van der Waals surface area contributed by atoms with Crippen LogP contribution >= 0.6 is 11.3 Å². The summed E-state index contributed by atoms with van der Waals surface area (Å²) in [5, 5.41) is 0.514. The van der Waals surface area contributed by atoms with Gasteiger partial charge in [0, 0.05) is 25.3 Å². The molecule has 2 aromatic carbocycles. The molecule has 1 amide bonds. The molecule has 152 valence electrons. The van der Waals surface area contributed by atoms with E-state index in [-0.39, 0.29) is 12.0 Å². The van der Waals surface area contributed by atoms with E-state index in [0.29, 0.717) is 23.8 Å². The van der Waals surface area contributed by atoms with Gasteiger partial charge in [0.2, 0.25) is 0 Å². The predicted molar refractivity (Wildman–Crippen MR) is 116 cm³/mol. The number of carbonyl (C=O) groups excluding carboxylic acids is 1. The van der Waals surface area contributed by atoms with E-state index in [1.807, 2.05) is 47.4 Å². The molecule has 0 saturated carbocycles. The van der Waals surface area contributed by atoms with Crippen LogP contribution in [0.25, 0.3) is 10.2 Å². The number of hydrogen-bond donors (Lipinski definition) is 1. The number of thiazole rings is 1. The normalized spacial score (nSPS) is 16.2. The van der Waals surface area contributed by atoms with Crippen molar-refractivity contribution in [3.05, 3.63) is 53.6 Å². The number of nitrogen functional groups attached to an aromatic ring is 1. The van der Waals surface area contributed by atoms with Gasteiger partial charge in [-0.3, -0.25) is 4.79 Å². The summed E-state index contributed by atoms with van der Waals surface area (Å²) in [4.78, 5) is 19.5. The predicted octanol–water partition coefficient (Wildman–Crippen LogP) is 3.75. The molecule has 4 rings (SSSR count). The Morgan fingerprint density at radius 2 is 2.14 bits per heavy atom. The zero-order valence-electron chi connectivity index (χ0n) is 16.5. The summed E-state index contributed by atoms with van der Waals surface area (Å²) in [5.41, 5.74) is 8.37. The number of nitrogens with two attached hydrogens (primary N) is 1. The summed E-state index contributed by atoms with van der Waals surface area (Å²) in [6.07, 6.45) is 2.92. The SMILES string of the molecule is COc1ccc(CCN(CC2CCCO2)C(=O)c2ccc3sc(N)nc3c2)cc1. The molecule has 1 aromatic heterocycles. The Morgan fingerprint density at radius 1 is 1.31 bits per heavy atom. The van der Waals surface area contributed by atoms with Gasteiger partial charge in [0.15, 0.2) is 5.13 Å². The number of hydrogen-bond acceptors (Lipinski definition) is 6. The van der Waals surface area contributed by atoms with E-state index in [4.69, 9.17) is 15.2 Å². The number of amides is 1. The summed E-state index contributed by atoms with van der Waals surface area (Å²) in [6.45, 7) is 2.00. The zero-order chi connectivity index (χ0) is 20.2. The second kappa shape index (κ2) is 8.80. The Labute approximate surface area is 174 Å². The van der Waals surface area contributed by atoms with Gasteiger partial charge >= 0.3 is 0 Å². The summed E-state index contributed by atoms with van der Waals surface area (Å²) in [5.74, 6) is 0.833. The van der Waals surface area contributed by atoms with Crippen molar-refractivity contribution in [2.24, 2.45) is 0 Å². The monoisotopic (exact) mass is 411 g/mol. The van der Waals surface area contributed by atoms with Crippen LogP contribution in [0.15, 0.2) is 42.5 Å². The molecule has 1 unspecified atom stereocenters. The fourth-order valence-electron chi connectivity index (χ4n) is 3.63. The van der Waals surface area contributed by atoms with E-state index in [9.17, 15) is 4.79 Å². The molecule has 1 atom stereocenters. The van der Waals surface area contributed by atoms with E-state index in [2.05, 4.69) is 4.98 Å². The van der Waals surface area contributed by atoms with Crippen molar-refractivity contribution in [3.63, 3.8) is 0 Å². The van der Waals surface area contributed by atoms with Crippen molar-refractivity contribution in [2.45, 2.75) is 25.4 Å². The van der Waals surface area contributed by atoms with Gasteiger partial charge in [0.05, 0.1) is 23.4 Å². The summed E-state index contributed by atoms with van der Waals surface area (Å²) < 4.78 is 12.0. The Bertz CT molecular complexity index is 981. The first-order chi connectivity index (χ1) is 14.1. The number of aromatic nitrogens is 1. The second-order valence-electron chi connectivity index (χ2n) is 7.22. The number of carbonyl (C=O) groups is 1. The highest BCUT2D eigenvalue weighted by atomic mass is 32.1. The van der Waals surface area contributed by atoms with E-state index < -0.39 is 0 Å². The van der Waals surface area contributed by atoms with Crippen LogP contribution in [0.5, 0.6) is 5.75 Å². The molecule has 2 N–H and O–H groups in total. The molecule has 2 heterocycles. The molecule has 7 heteroatoms. The Morgan fingerprint density at radius 3 is 2.86 bits per heavy atom. The lowest BCUT2D eigenvalue weighted by Gasteiger charge is -2.26. The number of ether oxygens (including phenoxy) is 2. The highest BCUT2D eigenvalue weighted by Crippen LogP contribution is 2.25. The van der Waals surface area contributed by atoms with E-state index in [1.54, 1.807) is 7.11 Å². The van der Waals surface area contributed by atoms with Crippen LogP contribution in [0.1, 0.15) is 28.8 Å². The van der Waals surface area contributed by atoms with Gasteiger partial charge in [0.25, 0.3) is 5.91 Å².